The molecule has 4 atom stereocenters. The zero-order valence-electron chi connectivity index (χ0n) is 7.87. The van der Waals surface area contributed by atoms with E-state index in [-0.39, 0.29) is 30.5 Å². The summed E-state index contributed by atoms with van der Waals surface area (Å²) in [5.41, 5.74) is 0. The molecular weight excluding hydrogens is 305 g/mol. The van der Waals surface area contributed by atoms with Gasteiger partial charge < -0.3 is 30.8 Å². The Morgan fingerprint density at radius 2 is 1.43 bits per heavy atom. The van der Waals surface area contributed by atoms with Gasteiger partial charge in [0.2, 0.25) is 0 Å². The second kappa shape index (κ2) is 8.77. The second-order valence-corrected chi connectivity index (χ2v) is 2.86. The molecule has 0 radical (unpaired) electrons. The highest BCUT2D eigenvalue weighted by Gasteiger charge is 2.29. The van der Waals surface area contributed by atoms with Gasteiger partial charge in [-0.2, -0.15) is 0 Å². The molecule has 0 aromatic carbocycles. The minimum atomic E-state index is -1.55. The Kier molecular flexibility index (Phi) is 10.6. The highest BCUT2D eigenvalue weighted by atomic mass is 127. The van der Waals surface area contributed by atoms with Gasteiger partial charge in [0.05, 0.1) is 12.7 Å². The minimum absolute atomic E-state index is 0. The molecule has 0 saturated carbocycles. The summed E-state index contributed by atoms with van der Waals surface area (Å²) in [6.45, 7) is -0.569. The first-order chi connectivity index (χ1) is 6.04. The fourth-order valence-corrected chi connectivity index (χ4v) is 0.893. The number of nitrogens with one attached hydrogen (secondary N) is 1. The van der Waals surface area contributed by atoms with Gasteiger partial charge in [-0.25, -0.2) is 0 Å². The molecule has 14 heavy (non-hydrogen) atoms. The summed E-state index contributed by atoms with van der Waals surface area (Å²) in [5.74, 6) is 0. The molecule has 0 rings (SSSR count). The van der Waals surface area contributed by atoms with Crippen LogP contribution in [0.3, 0.4) is 0 Å². The van der Waals surface area contributed by atoms with Gasteiger partial charge in [-0.3, -0.25) is 0 Å². The molecule has 0 aliphatic heterocycles. The van der Waals surface area contributed by atoms with Crippen LogP contribution < -0.4 is 5.32 Å². The average Bonchev–Trinajstić information content (AvgIpc) is 2.14. The second-order valence-electron chi connectivity index (χ2n) is 2.86. The number of likely N-dealkylation sites (N-methyl/N-ethyl adjacent to an activating group) is 1. The lowest BCUT2D eigenvalue weighted by Gasteiger charge is -2.25. The van der Waals surface area contributed by atoms with Crippen LogP contribution in [0.5, 0.6) is 0 Å². The maximum Gasteiger partial charge on any atom is 0.111 e. The third kappa shape index (κ3) is 5.39. The van der Waals surface area contributed by atoms with Gasteiger partial charge in [0, 0.05) is 6.54 Å². The largest absolute Gasteiger partial charge is 0.394 e. The van der Waals surface area contributed by atoms with Crippen molar-refractivity contribution in [1.82, 2.24) is 5.32 Å². The topological polar surface area (TPSA) is 113 Å². The SMILES string of the molecule is CNC[C@H](O)[C@@H](O)[C@H](O)[C@H](O)CO.I. The quantitative estimate of drug-likeness (QED) is 0.296. The first kappa shape index (κ1) is 16.9. The van der Waals surface area contributed by atoms with Crippen LogP contribution in [0.2, 0.25) is 0 Å². The summed E-state index contributed by atoms with van der Waals surface area (Å²) in [4.78, 5) is 0. The molecule has 6 nitrogen and oxygen atoms in total. The Hall–Kier alpha value is 0.490. The third-order valence-corrected chi connectivity index (χ3v) is 1.74. The molecule has 0 aromatic heterocycles. The van der Waals surface area contributed by atoms with Crippen molar-refractivity contribution >= 4 is 24.0 Å². The third-order valence-electron chi connectivity index (χ3n) is 1.74. The number of halogens is 1. The summed E-state index contributed by atoms with van der Waals surface area (Å²) < 4.78 is 0. The Bertz CT molecular complexity index is 139. The smallest absolute Gasteiger partial charge is 0.111 e. The van der Waals surface area contributed by atoms with Crippen molar-refractivity contribution in [2.24, 2.45) is 0 Å². The van der Waals surface area contributed by atoms with E-state index >= 15 is 0 Å². The van der Waals surface area contributed by atoms with E-state index in [1.165, 1.54) is 0 Å². The van der Waals surface area contributed by atoms with E-state index in [1.54, 1.807) is 7.05 Å². The van der Waals surface area contributed by atoms with Crippen LogP contribution in [0.4, 0.5) is 0 Å². The fraction of sp³-hybridized carbons (Fsp3) is 1.00. The molecule has 0 spiro atoms. The zero-order chi connectivity index (χ0) is 10.4. The van der Waals surface area contributed by atoms with Crippen LogP contribution in [0.1, 0.15) is 0 Å². The number of aliphatic hydroxyl groups excluding tert-OH is 5. The van der Waals surface area contributed by atoms with E-state index in [0.29, 0.717) is 0 Å². The maximum atomic E-state index is 9.21. The summed E-state index contributed by atoms with van der Waals surface area (Å²) in [7, 11) is 1.57. The molecule has 0 heterocycles. The molecular formula is C7H18INO5. The summed E-state index contributed by atoms with van der Waals surface area (Å²) in [6, 6.07) is 0. The minimum Gasteiger partial charge on any atom is -0.394 e. The molecule has 0 aliphatic carbocycles. The van der Waals surface area contributed by atoms with E-state index in [4.69, 9.17) is 20.4 Å². The van der Waals surface area contributed by atoms with Crippen molar-refractivity contribution in [2.45, 2.75) is 24.4 Å². The Morgan fingerprint density at radius 3 is 1.79 bits per heavy atom. The van der Waals surface area contributed by atoms with Gasteiger partial charge >= 0.3 is 0 Å². The zero-order valence-corrected chi connectivity index (χ0v) is 10.2. The Balaban J connectivity index is 0. The summed E-state index contributed by atoms with van der Waals surface area (Å²) in [5, 5.41) is 47.5. The highest BCUT2D eigenvalue weighted by molar-refractivity contribution is 14.0. The van der Waals surface area contributed by atoms with Crippen LogP contribution in [0.15, 0.2) is 0 Å². The van der Waals surface area contributed by atoms with Crippen LogP contribution in [-0.4, -0.2) is 70.1 Å². The van der Waals surface area contributed by atoms with Gasteiger partial charge in [0.25, 0.3) is 0 Å². The predicted octanol–water partition coefficient (Wildman–Crippen LogP) is -2.74. The lowest BCUT2D eigenvalue weighted by molar-refractivity contribution is -0.113. The van der Waals surface area contributed by atoms with Crippen LogP contribution in [0.25, 0.3) is 0 Å². The first-order valence-corrected chi connectivity index (χ1v) is 4.02. The van der Waals surface area contributed by atoms with Crippen molar-refractivity contribution in [1.29, 1.82) is 0 Å². The normalized spacial score (nSPS) is 19.3. The lowest BCUT2D eigenvalue weighted by atomic mass is 10.0. The lowest BCUT2D eigenvalue weighted by Crippen LogP contribution is -2.48. The Labute approximate surface area is 99.6 Å². The molecule has 0 bridgehead atoms. The van der Waals surface area contributed by atoms with E-state index in [2.05, 4.69) is 5.32 Å². The van der Waals surface area contributed by atoms with Crippen molar-refractivity contribution in [3.8, 4) is 0 Å². The number of aliphatic hydroxyl groups is 5. The molecule has 88 valence electrons. The van der Waals surface area contributed by atoms with Crippen molar-refractivity contribution < 1.29 is 25.5 Å². The molecule has 6 N–H and O–H groups in total. The van der Waals surface area contributed by atoms with Crippen molar-refractivity contribution in [3.05, 3.63) is 0 Å². The van der Waals surface area contributed by atoms with Crippen LogP contribution >= 0.6 is 24.0 Å². The van der Waals surface area contributed by atoms with Gasteiger partial charge in [0.15, 0.2) is 0 Å². The standard InChI is InChI=1S/C7H17NO5.HI/c1-8-2-4(10)6(12)7(13)5(11)3-9;/h4-13H,2-3H2,1H3;1H/t4-,5+,6+,7+;/m0./s1. The van der Waals surface area contributed by atoms with E-state index in [9.17, 15) is 5.11 Å². The monoisotopic (exact) mass is 323 g/mol. The van der Waals surface area contributed by atoms with Crippen LogP contribution in [-0.2, 0) is 0 Å². The fourth-order valence-electron chi connectivity index (χ4n) is 0.893. The van der Waals surface area contributed by atoms with Crippen molar-refractivity contribution in [2.75, 3.05) is 20.2 Å². The van der Waals surface area contributed by atoms with Crippen LogP contribution in [0, 0.1) is 0 Å². The molecule has 0 amide bonds. The number of hydrogen-bond acceptors (Lipinski definition) is 6. The van der Waals surface area contributed by atoms with E-state index < -0.39 is 31.0 Å². The van der Waals surface area contributed by atoms with Gasteiger partial charge in [-0.15, -0.1) is 24.0 Å². The molecule has 0 saturated heterocycles. The molecule has 0 unspecified atom stereocenters. The molecule has 0 aliphatic rings. The highest BCUT2D eigenvalue weighted by Crippen LogP contribution is 2.04. The van der Waals surface area contributed by atoms with E-state index in [1.807, 2.05) is 0 Å². The van der Waals surface area contributed by atoms with E-state index in [0.717, 1.165) is 0 Å². The molecule has 0 fully saturated rings. The van der Waals surface area contributed by atoms with Gasteiger partial charge in [-0.05, 0) is 7.05 Å². The molecule has 7 heteroatoms. The van der Waals surface area contributed by atoms with Crippen molar-refractivity contribution in [3.63, 3.8) is 0 Å². The maximum absolute atomic E-state index is 9.21. The molecule has 0 aromatic rings. The Morgan fingerprint density at radius 1 is 1.00 bits per heavy atom. The number of hydrogen-bond donors (Lipinski definition) is 6. The van der Waals surface area contributed by atoms with Gasteiger partial charge in [-0.1, -0.05) is 0 Å². The average molecular weight is 323 g/mol. The van der Waals surface area contributed by atoms with Gasteiger partial charge in [0.1, 0.15) is 18.3 Å². The number of rotatable bonds is 6. The summed E-state index contributed by atoms with van der Waals surface area (Å²) >= 11 is 0. The first-order valence-electron chi connectivity index (χ1n) is 4.02. The predicted molar refractivity (Wildman–Crippen MR) is 60.5 cm³/mol. The summed E-state index contributed by atoms with van der Waals surface area (Å²) in [6.07, 6.45) is -5.65.